The van der Waals surface area contributed by atoms with E-state index in [1.165, 1.54) is 5.01 Å². The number of hydrogen-bond acceptors (Lipinski definition) is 3. The van der Waals surface area contributed by atoms with Crippen molar-refractivity contribution in [2.24, 2.45) is 9.05 Å². The van der Waals surface area contributed by atoms with Crippen molar-refractivity contribution in [2.75, 3.05) is 6.54 Å². The molecular weight excluding hydrogens is 281 g/mol. The van der Waals surface area contributed by atoms with Gasteiger partial charge in [0.25, 0.3) is 0 Å². The predicted molar refractivity (Wildman–Crippen MR) is 59.8 cm³/mol. The van der Waals surface area contributed by atoms with Crippen LogP contribution in [0.5, 0.6) is 0 Å². The average Bonchev–Trinajstić information content (AvgIpc) is 2.38. The van der Waals surface area contributed by atoms with Gasteiger partial charge in [-0.2, -0.15) is 0 Å². The van der Waals surface area contributed by atoms with Gasteiger partial charge in [0.05, 0.1) is 28.6 Å². The Morgan fingerprint density at radius 3 is 3.00 bits per heavy atom. The molecule has 0 aromatic carbocycles. The number of piperidine rings is 1. The zero-order valence-electron chi connectivity index (χ0n) is 7.37. The van der Waals surface area contributed by atoms with E-state index in [0.29, 0.717) is 12.0 Å². The molecule has 6 heteroatoms. The molecule has 2 aliphatic heterocycles. The SMILES string of the molecule is CC1CC(=NI)C2CN1C(=N)N2N. The summed E-state index contributed by atoms with van der Waals surface area (Å²) in [6, 6.07) is 0.478. The lowest BCUT2D eigenvalue weighted by Crippen LogP contribution is -2.45. The first-order valence-electron chi connectivity index (χ1n) is 4.22. The van der Waals surface area contributed by atoms with Crippen molar-refractivity contribution in [3.63, 3.8) is 0 Å². The van der Waals surface area contributed by atoms with Crippen LogP contribution in [-0.4, -0.2) is 40.2 Å². The number of rotatable bonds is 0. The summed E-state index contributed by atoms with van der Waals surface area (Å²) in [6.07, 6.45) is 0.920. The van der Waals surface area contributed by atoms with E-state index in [9.17, 15) is 0 Å². The van der Waals surface area contributed by atoms with Crippen LogP contribution in [0.4, 0.5) is 0 Å². The van der Waals surface area contributed by atoms with Crippen molar-refractivity contribution >= 4 is 34.5 Å². The highest BCUT2D eigenvalue weighted by Crippen LogP contribution is 2.25. The van der Waals surface area contributed by atoms with Crippen molar-refractivity contribution in [3.8, 4) is 0 Å². The largest absolute Gasteiger partial charge is 0.336 e. The maximum atomic E-state index is 7.75. The molecule has 0 spiro atoms. The van der Waals surface area contributed by atoms with Crippen LogP contribution in [0, 0.1) is 5.41 Å². The van der Waals surface area contributed by atoms with E-state index in [0.717, 1.165) is 18.7 Å². The van der Waals surface area contributed by atoms with Crippen LogP contribution in [0.1, 0.15) is 13.3 Å². The molecular formula is C7H12IN5. The van der Waals surface area contributed by atoms with Gasteiger partial charge < -0.3 is 4.90 Å². The number of hydrogen-bond donors (Lipinski definition) is 2. The normalized spacial score (nSPS) is 36.2. The van der Waals surface area contributed by atoms with E-state index >= 15 is 0 Å². The summed E-state index contributed by atoms with van der Waals surface area (Å²) in [7, 11) is 0. The van der Waals surface area contributed by atoms with Gasteiger partial charge in [-0.3, -0.25) is 10.4 Å². The summed E-state index contributed by atoms with van der Waals surface area (Å²) in [6.45, 7) is 2.92. The van der Waals surface area contributed by atoms with Gasteiger partial charge in [-0.1, -0.05) is 0 Å². The van der Waals surface area contributed by atoms with Crippen molar-refractivity contribution in [1.29, 1.82) is 5.41 Å². The Hall–Kier alpha value is -0.370. The summed E-state index contributed by atoms with van der Waals surface area (Å²) >= 11 is 2.01. The molecule has 2 rings (SSSR count). The first kappa shape index (κ1) is 9.20. The number of fused-ring (bicyclic) bond motifs is 2. The van der Waals surface area contributed by atoms with Crippen molar-refractivity contribution < 1.29 is 0 Å². The Balaban J connectivity index is 2.33. The Morgan fingerprint density at radius 2 is 2.38 bits per heavy atom. The molecule has 2 heterocycles. The Labute approximate surface area is 90.9 Å². The van der Waals surface area contributed by atoms with Crippen LogP contribution in [-0.2, 0) is 0 Å². The molecule has 2 fully saturated rings. The van der Waals surface area contributed by atoms with Crippen LogP contribution in [0.25, 0.3) is 0 Å². The maximum Gasteiger partial charge on any atom is 0.209 e. The number of nitrogens with one attached hydrogen (secondary N) is 1. The lowest BCUT2D eigenvalue weighted by molar-refractivity contribution is 0.334. The molecule has 0 amide bonds. The molecule has 0 saturated carbocycles. The van der Waals surface area contributed by atoms with Crippen LogP contribution < -0.4 is 5.84 Å². The number of guanidine groups is 1. The highest BCUT2D eigenvalue weighted by molar-refractivity contribution is 14.1. The van der Waals surface area contributed by atoms with Gasteiger partial charge in [-0.05, 0) is 6.92 Å². The first-order valence-corrected chi connectivity index (χ1v) is 5.18. The van der Waals surface area contributed by atoms with Crippen molar-refractivity contribution in [3.05, 3.63) is 0 Å². The van der Waals surface area contributed by atoms with Gasteiger partial charge in [-0.15, -0.1) is 0 Å². The summed E-state index contributed by atoms with van der Waals surface area (Å²) in [5.74, 6) is 6.20. The minimum atomic E-state index is 0.126. The van der Waals surface area contributed by atoms with Crippen LogP contribution in [0.15, 0.2) is 3.21 Å². The summed E-state index contributed by atoms with van der Waals surface area (Å²) in [5.41, 5.74) is 1.11. The molecule has 13 heavy (non-hydrogen) atoms. The fraction of sp³-hybridized carbons (Fsp3) is 0.714. The predicted octanol–water partition coefficient (Wildman–Crippen LogP) is 0.364. The van der Waals surface area contributed by atoms with E-state index in [-0.39, 0.29) is 6.04 Å². The molecule has 3 N–H and O–H groups in total. The number of nitrogens with two attached hydrogens (primary N) is 1. The lowest BCUT2D eigenvalue weighted by atomic mass is 10.00. The van der Waals surface area contributed by atoms with E-state index in [1.54, 1.807) is 0 Å². The highest BCUT2D eigenvalue weighted by Gasteiger charge is 2.43. The summed E-state index contributed by atoms with van der Waals surface area (Å²) in [4.78, 5) is 2.02. The molecule has 2 saturated heterocycles. The zero-order chi connectivity index (χ0) is 9.59. The smallest absolute Gasteiger partial charge is 0.209 e. The van der Waals surface area contributed by atoms with Gasteiger partial charge in [0.15, 0.2) is 0 Å². The molecule has 0 radical (unpaired) electrons. The van der Waals surface area contributed by atoms with Gasteiger partial charge >= 0.3 is 0 Å². The molecule has 0 aromatic heterocycles. The number of halogens is 1. The molecule has 2 bridgehead atoms. The second-order valence-corrected chi connectivity index (χ2v) is 4.01. The second kappa shape index (κ2) is 3.09. The van der Waals surface area contributed by atoms with Gasteiger partial charge in [0.2, 0.25) is 5.96 Å². The molecule has 2 atom stereocenters. The number of nitrogens with zero attached hydrogens (tertiary/aromatic N) is 3. The van der Waals surface area contributed by atoms with Gasteiger partial charge in [-0.25, -0.2) is 9.05 Å². The van der Waals surface area contributed by atoms with Gasteiger partial charge in [0, 0.05) is 19.0 Å². The molecule has 0 aromatic rings. The summed E-state index contributed by atoms with van der Waals surface area (Å²) < 4.78 is 4.20. The Bertz CT molecular complexity index is 276. The fourth-order valence-electron chi connectivity index (χ4n) is 1.95. The second-order valence-electron chi connectivity index (χ2n) is 3.53. The quantitative estimate of drug-likeness (QED) is 0.500. The first-order chi connectivity index (χ1) is 6.15. The van der Waals surface area contributed by atoms with E-state index in [2.05, 4.69) is 10.1 Å². The minimum absolute atomic E-state index is 0.126. The van der Waals surface area contributed by atoms with E-state index < -0.39 is 0 Å². The monoisotopic (exact) mass is 293 g/mol. The molecule has 72 valence electrons. The third-order valence-electron chi connectivity index (χ3n) is 2.75. The average molecular weight is 293 g/mol. The highest BCUT2D eigenvalue weighted by atomic mass is 127. The standard InChI is InChI=1S/C7H12IN5/c1-4-2-5(11-8)6-3-12(4)7(9)13(6)10/h4,6,9H,2-3,10H2,1H3. The molecule has 2 aliphatic rings. The van der Waals surface area contributed by atoms with Crippen molar-refractivity contribution in [1.82, 2.24) is 9.91 Å². The summed E-state index contributed by atoms with van der Waals surface area (Å²) in [5, 5.41) is 9.26. The third kappa shape index (κ3) is 1.23. The lowest BCUT2D eigenvalue weighted by Gasteiger charge is -2.29. The van der Waals surface area contributed by atoms with Crippen LogP contribution in [0.2, 0.25) is 0 Å². The van der Waals surface area contributed by atoms with Crippen molar-refractivity contribution in [2.45, 2.75) is 25.4 Å². The van der Waals surface area contributed by atoms with Crippen LogP contribution >= 0.6 is 22.9 Å². The van der Waals surface area contributed by atoms with E-state index in [4.69, 9.17) is 11.3 Å². The Kier molecular flexibility index (Phi) is 2.18. The molecule has 5 nitrogen and oxygen atoms in total. The van der Waals surface area contributed by atoms with E-state index in [1.807, 2.05) is 27.8 Å². The molecule has 2 unspecified atom stereocenters. The zero-order valence-corrected chi connectivity index (χ0v) is 9.52. The Morgan fingerprint density at radius 1 is 1.69 bits per heavy atom. The number of hydrazine groups is 1. The fourth-order valence-corrected chi connectivity index (χ4v) is 2.47. The maximum absolute atomic E-state index is 7.75. The molecule has 0 aliphatic carbocycles. The minimum Gasteiger partial charge on any atom is -0.336 e. The third-order valence-corrected chi connectivity index (χ3v) is 3.37. The van der Waals surface area contributed by atoms with Crippen LogP contribution in [0.3, 0.4) is 0 Å². The van der Waals surface area contributed by atoms with Gasteiger partial charge in [0.1, 0.15) is 6.04 Å². The topological polar surface area (TPSA) is 68.7 Å².